The van der Waals surface area contributed by atoms with Crippen LogP contribution in [0, 0.1) is 5.92 Å². The molecule has 0 aliphatic rings. The Morgan fingerprint density at radius 1 is 1.35 bits per heavy atom. The van der Waals surface area contributed by atoms with E-state index in [1.807, 2.05) is 4.68 Å². The van der Waals surface area contributed by atoms with Crippen LogP contribution in [0.5, 0.6) is 0 Å². The summed E-state index contributed by atoms with van der Waals surface area (Å²) in [6.07, 6.45) is 3.61. The van der Waals surface area contributed by atoms with Gasteiger partial charge in [0.05, 0.1) is 6.04 Å². The highest BCUT2D eigenvalue weighted by atomic mass is 15.3. The van der Waals surface area contributed by atoms with Crippen molar-refractivity contribution in [3.05, 3.63) is 24.3 Å². The maximum Gasteiger partial charge on any atom is 0.141 e. The van der Waals surface area contributed by atoms with Crippen LogP contribution in [0.2, 0.25) is 0 Å². The summed E-state index contributed by atoms with van der Waals surface area (Å²) in [7, 11) is 0. The van der Waals surface area contributed by atoms with Gasteiger partial charge in [0.2, 0.25) is 0 Å². The molecule has 1 unspecified atom stereocenters. The lowest BCUT2D eigenvalue weighted by Crippen LogP contribution is -2.19. The highest BCUT2D eigenvalue weighted by Gasteiger charge is 2.14. The molecule has 0 aromatic carbocycles. The molecule has 0 aliphatic carbocycles. The van der Waals surface area contributed by atoms with Gasteiger partial charge in [-0.25, -0.2) is 14.6 Å². The van der Waals surface area contributed by atoms with Gasteiger partial charge in [-0.05, 0) is 5.92 Å². The van der Waals surface area contributed by atoms with Crippen molar-refractivity contribution >= 4 is 0 Å². The second-order valence-electron chi connectivity index (χ2n) is 4.43. The lowest BCUT2D eigenvalue weighted by molar-refractivity contribution is 0.457. The Balaban J connectivity index is 2.06. The van der Waals surface area contributed by atoms with Crippen LogP contribution in [0.4, 0.5) is 0 Å². The van der Waals surface area contributed by atoms with Crippen molar-refractivity contribution < 1.29 is 0 Å². The van der Waals surface area contributed by atoms with Gasteiger partial charge in [-0.3, -0.25) is 5.10 Å². The van der Waals surface area contributed by atoms with Gasteiger partial charge in [0.15, 0.2) is 0 Å². The summed E-state index contributed by atoms with van der Waals surface area (Å²) in [6.45, 7) is 5.13. The Morgan fingerprint density at radius 2 is 2.18 bits per heavy atom. The quantitative estimate of drug-likeness (QED) is 0.776. The van der Waals surface area contributed by atoms with Crippen LogP contribution in [-0.4, -0.2) is 29.9 Å². The molecule has 0 radical (unpaired) electrons. The average molecular weight is 235 g/mol. The fourth-order valence-electron chi connectivity index (χ4n) is 1.63. The Hall–Kier alpha value is -1.76. The summed E-state index contributed by atoms with van der Waals surface area (Å²) in [4.78, 5) is 8.27. The minimum Gasteiger partial charge on any atom is -0.321 e. The molecule has 7 nitrogen and oxygen atoms in total. The zero-order chi connectivity index (χ0) is 12.3. The zero-order valence-corrected chi connectivity index (χ0v) is 10.0. The molecule has 0 saturated carbocycles. The first-order valence-electron chi connectivity index (χ1n) is 5.64. The number of rotatable bonds is 5. The van der Waals surface area contributed by atoms with Gasteiger partial charge in [0, 0.05) is 13.0 Å². The third-order valence-electron chi connectivity index (χ3n) is 2.42. The molecule has 3 N–H and O–H groups in total. The van der Waals surface area contributed by atoms with E-state index in [0.717, 1.165) is 12.4 Å². The Morgan fingerprint density at radius 3 is 2.82 bits per heavy atom. The molecule has 92 valence electrons. The summed E-state index contributed by atoms with van der Waals surface area (Å²) in [5.74, 6) is 2.07. The molecule has 0 bridgehead atoms. The van der Waals surface area contributed by atoms with Gasteiger partial charge in [-0.15, -0.1) is 0 Å². The van der Waals surface area contributed by atoms with Gasteiger partial charge < -0.3 is 5.73 Å². The average Bonchev–Trinajstić information content (AvgIpc) is 2.89. The fraction of sp³-hybridized carbons (Fsp3) is 0.600. The summed E-state index contributed by atoms with van der Waals surface area (Å²) in [6, 6.07) is -0.229. The van der Waals surface area contributed by atoms with E-state index >= 15 is 0 Å². The summed E-state index contributed by atoms with van der Waals surface area (Å²) < 4.78 is 1.89. The number of nitrogens with one attached hydrogen (secondary N) is 1. The van der Waals surface area contributed by atoms with Crippen molar-refractivity contribution in [1.82, 2.24) is 29.9 Å². The molecule has 7 heteroatoms. The molecule has 0 saturated heterocycles. The maximum atomic E-state index is 6.02. The van der Waals surface area contributed by atoms with E-state index in [4.69, 9.17) is 5.73 Å². The third kappa shape index (κ3) is 2.88. The number of aromatic amines is 1. The minimum atomic E-state index is -0.229. The van der Waals surface area contributed by atoms with E-state index in [1.54, 1.807) is 6.33 Å². The second kappa shape index (κ2) is 5.05. The second-order valence-corrected chi connectivity index (χ2v) is 4.43. The first kappa shape index (κ1) is 11.7. The number of H-pyrrole nitrogens is 1. The molecule has 0 amide bonds. The molecule has 0 fully saturated rings. The molecule has 2 aromatic rings. The van der Waals surface area contributed by atoms with Crippen LogP contribution in [0.25, 0.3) is 0 Å². The minimum absolute atomic E-state index is 0.229. The van der Waals surface area contributed by atoms with Gasteiger partial charge >= 0.3 is 0 Å². The van der Waals surface area contributed by atoms with Gasteiger partial charge in [-0.2, -0.15) is 10.2 Å². The molecule has 2 heterocycles. The Labute approximate surface area is 99.5 Å². The lowest BCUT2D eigenvalue weighted by atomic mass is 10.2. The molecule has 0 aliphatic heterocycles. The van der Waals surface area contributed by atoms with Crippen LogP contribution in [0.3, 0.4) is 0 Å². The summed E-state index contributed by atoms with van der Waals surface area (Å²) in [5.41, 5.74) is 6.02. The molecule has 2 aromatic heterocycles. The van der Waals surface area contributed by atoms with E-state index in [0.29, 0.717) is 18.2 Å². The topological polar surface area (TPSA) is 98.3 Å². The van der Waals surface area contributed by atoms with Crippen molar-refractivity contribution in [2.75, 3.05) is 0 Å². The van der Waals surface area contributed by atoms with E-state index in [-0.39, 0.29) is 6.04 Å². The number of hydrogen-bond donors (Lipinski definition) is 2. The van der Waals surface area contributed by atoms with Crippen molar-refractivity contribution in [3.63, 3.8) is 0 Å². The predicted octanol–water partition coefficient (Wildman–Crippen LogP) is 0.295. The molecular formula is C10H17N7. The van der Waals surface area contributed by atoms with Crippen LogP contribution < -0.4 is 5.73 Å². The van der Waals surface area contributed by atoms with Crippen LogP contribution in [-0.2, 0) is 13.0 Å². The number of nitrogens with zero attached hydrogens (tertiary/aromatic N) is 5. The molecular weight excluding hydrogens is 218 g/mol. The maximum absolute atomic E-state index is 6.02. The van der Waals surface area contributed by atoms with Crippen LogP contribution in [0.15, 0.2) is 12.7 Å². The summed E-state index contributed by atoms with van der Waals surface area (Å²) >= 11 is 0. The van der Waals surface area contributed by atoms with Crippen molar-refractivity contribution in [3.8, 4) is 0 Å². The fourth-order valence-corrected chi connectivity index (χ4v) is 1.63. The number of hydrogen-bond acceptors (Lipinski definition) is 5. The smallest absolute Gasteiger partial charge is 0.141 e. The summed E-state index contributed by atoms with van der Waals surface area (Å²) in [5, 5.41) is 10.7. The largest absolute Gasteiger partial charge is 0.321 e. The highest BCUT2D eigenvalue weighted by Crippen LogP contribution is 2.10. The van der Waals surface area contributed by atoms with Crippen LogP contribution in [0.1, 0.15) is 31.5 Å². The number of nitrogens with two attached hydrogens (primary N) is 1. The lowest BCUT2D eigenvalue weighted by Gasteiger charge is -2.11. The normalized spacial score (nSPS) is 13.2. The third-order valence-corrected chi connectivity index (χ3v) is 2.42. The monoisotopic (exact) mass is 235 g/mol. The van der Waals surface area contributed by atoms with E-state index in [2.05, 4.69) is 39.1 Å². The highest BCUT2D eigenvalue weighted by molar-refractivity contribution is 4.97. The van der Waals surface area contributed by atoms with Gasteiger partial charge in [0.25, 0.3) is 0 Å². The SMILES string of the molecule is CC(C)Cn1ncnc1CC(N)c1ncn[nH]1. The molecule has 0 spiro atoms. The molecule has 17 heavy (non-hydrogen) atoms. The van der Waals surface area contributed by atoms with Crippen molar-refractivity contribution in [2.45, 2.75) is 32.9 Å². The zero-order valence-electron chi connectivity index (χ0n) is 10.0. The van der Waals surface area contributed by atoms with E-state index < -0.39 is 0 Å². The van der Waals surface area contributed by atoms with E-state index in [1.165, 1.54) is 6.33 Å². The first-order chi connectivity index (χ1) is 8.16. The van der Waals surface area contributed by atoms with Gasteiger partial charge in [-0.1, -0.05) is 13.8 Å². The van der Waals surface area contributed by atoms with Crippen LogP contribution >= 0.6 is 0 Å². The molecule has 1 atom stereocenters. The first-order valence-corrected chi connectivity index (χ1v) is 5.64. The number of aromatic nitrogens is 6. The predicted molar refractivity (Wildman–Crippen MR) is 61.9 cm³/mol. The Kier molecular flexibility index (Phi) is 3.48. The molecule has 2 rings (SSSR count). The van der Waals surface area contributed by atoms with E-state index in [9.17, 15) is 0 Å². The standard InChI is InChI=1S/C10H17N7/c1-7(2)4-17-9(12-6-15-17)3-8(11)10-13-5-14-16-10/h5-8H,3-4,11H2,1-2H3,(H,13,14,16). The Bertz CT molecular complexity index is 445. The van der Waals surface area contributed by atoms with Crippen molar-refractivity contribution in [1.29, 1.82) is 0 Å². The van der Waals surface area contributed by atoms with Crippen molar-refractivity contribution in [2.24, 2.45) is 11.7 Å². The van der Waals surface area contributed by atoms with Gasteiger partial charge in [0.1, 0.15) is 24.3 Å².